The Morgan fingerprint density at radius 1 is 1.11 bits per heavy atom. The summed E-state index contributed by atoms with van der Waals surface area (Å²) in [6.07, 6.45) is 1.09. The zero-order chi connectivity index (χ0) is 13.2. The lowest BCUT2D eigenvalue weighted by atomic mass is 10.2. The third-order valence-corrected chi connectivity index (χ3v) is 4.33. The maximum Gasteiger partial charge on any atom is 0.192 e. The smallest absolute Gasteiger partial charge is 0.192 e. The van der Waals surface area contributed by atoms with Gasteiger partial charge in [-0.25, -0.2) is 0 Å². The lowest BCUT2D eigenvalue weighted by molar-refractivity contribution is -0.163. The average Bonchev–Trinajstić information content (AvgIpc) is 2.41. The van der Waals surface area contributed by atoms with Crippen LogP contribution in [0.5, 0.6) is 0 Å². The molecular formula is C14H25NO2Si. The van der Waals surface area contributed by atoms with E-state index in [-0.39, 0.29) is 0 Å². The topological polar surface area (TPSA) is 21.7 Å². The highest BCUT2D eigenvalue weighted by Gasteiger charge is 2.05. The van der Waals surface area contributed by atoms with Crippen LogP contribution in [-0.2, 0) is 15.9 Å². The van der Waals surface area contributed by atoms with Crippen molar-refractivity contribution in [2.45, 2.75) is 33.8 Å². The van der Waals surface area contributed by atoms with E-state index < -0.39 is 9.76 Å². The van der Waals surface area contributed by atoms with Gasteiger partial charge >= 0.3 is 0 Å². The van der Waals surface area contributed by atoms with Crippen LogP contribution in [0, 0.1) is 0 Å². The number of hydrogen-bond acceptors (Lipinski definition) is 3. The van der Waals surface area contributed by atoms with Crippen molar-refractivity contribution in [2.75, 3.05) is 19.7 Å². The van der Waals surface area contributed by atoms with Crippen molar-refractivity contribution in [2.24, 2.45) is 0 Å². The molecule has 0 N–H and O–H groups in total. The molecule has 0 aliphatic carbocycles. The predicted molar refractivity (Wildman–Crippen MR) is 78.6 cm³/mol. The van der Waals surface area contributed by atoms with Gasteiger partial charge in [0.2, 0.25) is 0 Å². The van der Waals surface area contributed by atoms with Gasteiger partial charge in [-0.1, -0.05) is 45.0 Å². The Morgan fingerprint density at radius 3 is 2.50 bits per heavy atom. The van der Waals surface area contributed by atoms with Crippen molar-refractivity contribution >= 4 is 14.9 Å². The van der Waals surface area contributed by atoms with Crippen LogP contribution >= 0.6 is 0 Å². The molecule has 1 aromatic carbocycles. The van der Waals surface area contributed by atoms with Gasteiger partial charge in [-0.2, -0.15) is 5.06 Å². The summed E-state index contributed by atoms with van der Waals surface area (Å²) in [4.78, 5) is 5.77. The fraction of sp³-hybridized carbons (Fsp3) is 0.571. The van der Waals surface area contributed by atoms with E-state index >= 15 is 0 Å². The Hall–Kier alpha value is -0.683. The standard InChI is InChI=1S/C14H25NO2Si/c1-4-11-17-18-14-10-8-7-9-13(14)12-16-15(5-2)6-3/h7-10H,4-6,11-12,18H2,1-3H3. The molecule has 0 saturated heterocycles. The van der Waals surface area contributed by atoms with Crippen molar-refractivity contribution in [1.29, 1.82) is 0 Å². The monoisotopic (exact) mass is 267 g/mol. The van der Waals surface area contributed by atoms with E-state index in [4.69, 9.17) is 9.26 Å². The first kappa shape index (κ1) is 15.4. The minimum absolute atomic E-state index is 0.607. The van der Waals surface area contributed by atoms with Crippen molar-refractivity contribution in [3.8, 4) is 0 Å². The Labute approximate surface area is 113 Å². The lowest BCUT2D eigenvalue weighted by Gasteiger charge is -2.19. The van der Waals surface area contributed by atoms with Crippen LogP contribution < -0.4 is 5.19 Å². The summed E-state index contributed by atoms with van der Waals surface area (Å²) < 4.78 is 5.74. The van der Waals surface area contributed by atoms with Crippen LogP contribution in [0.4, 0.5) is 0 Å². The Balaban J connectivity index is 2.52. The summed E-state index contributed by atoms with van der Waals surface area (Å²) in [6.45, 7) is 9.72. The van der Waals surface area contributed by atoms with E-state index in [0.717, 1.165) is 26.1 Å². The number of benzene rings is 1. The molecule has 0 amide bonds. The van der Waals surface area contributed by atoms with Gasteiger partial charge in [0.25, 0.3) is 0 Å². The maximum absolute atomic E-state index is 5.77. The molecule has 102 valence electrons. The van der Waals surface area contributed by atoms with Crippen LogP contribution in [0.2, 0.25) is 0 Å². The third kappa shape index (κ3) is 5.31. The first-order valence-electron chi connectivity index (χ1n) is 6.84. The Morgan fingerprint density at radius 2 is 1.83 bits per heavy atom. The van der Waals surface area contributed by atoms with E-state index in [2.05, 4.69) is 45.0 Å². The maximum atomic E-state index is 5.77. The van der Waals surface area contributed by atoms with Crippen LogP contribution in [-0.4, -0.2) is 34.5 Å². The molecule has 0 aliphatic rings. The molecule has 18 heavy (non-hydrogen) atoms. The SMILES string of the molecule is CCCO[SiH2]c1ccccc1CON(CC)CC. The van der Waals surface area contributed by atoms with Crippen LogP contribution in [0.25, 0.3) is 0 Å². The zero-order valence-corrected chi connectivity index (χ0v) is 13.2. The molecule has 0 aromatic heterocycles. The zero-order valence-electron chi connectivity index (χ0n) is 11.8. The number of nitrogens with zero attached hydrogens (tertiary/aromatic N) is 1. The van der Waals surface area contributed by atoms with Gasteiger partial charge < -0.3 is 4.43 Å². The van der Waals surface area contributed by atoms with Crippen LogP contribution in [0.15, 0.2) is 24.3 Å². The highest BCUT2D eigenvalue weighted by molar-refractivity contribution is 6.47. The molecule has 0 unspecified atom stereocenters. The first-order valence-corrected chi connectivity index (χ1v) is 8.12. The van der Waals surface area contributed by atoms with Crippen molar-refractivity contribution in [3.05, 3.63) is 29.8 Å². The quantitative estimate of drug-likeness (QED) is 0.385. The normalized spacial score (nSPS) is 11.8. The average molecular weight is 267 g/mol. The van der Waals surface area contributed by atoms with E-state index in [1.807, 2.05) is 5.06 Å². The largest absolute Gasteiger partial charge is 0.419 e. The predicted octanol–water partition coefficient (Wildman–Crippen LogP) is 1.60. The van der Waals surface area contributed by atoms with Gasteiger partial charge in [0.15, 0.2) is 9.76 Å². The third-order valence-electron chi connectivity index (χ3n) is 2.83. The minimum Gasteiger partial charge on any atom is -0.419 e. The van der Waals surface area contributed by atoms with E-state index in [0.29, 0.717) is 6.61 Å². The number of rotatable bonds is 9. The number of hydroxylamine groups is 2. The molecule has 0 saturated carbocycles. The van der Waals surface area contributed by atoms with Gasteiger partial charge in [0.1, 0.15) is 0 Å². The summed E-state index contributed by atoms with van der Waals surface area (Å²) in [7, 11) is -0.607. The second-order valence-electron chi connectivity index (χ2n) is 4.21. The van der Waals surface area contributed by atoms with Gasteiger partial charge in [-0.15, -0.1) is 0 Å². The van der Waals surface area contributed by atoms with Gasteiger partial charge in [0.05, 0.1) is 6.61 Å². The summed E-state index contributed by atoms with van der Waals surface area (Å²) in [5.74, 6) is 0. The van der Waals surface area contributed by atoms with Crippen LogP contribution in [0.1, 0.15) is 32.8 Å². The molecule has 1 aromatic rings. The molecule has 0 aliphatic heterocycles. The molecule has 0 heterocycles. The molecule has 3 nitrogen and oxygen atoms in total. The van der Waals surface area contributed by atoms with Crippen molar-refractivity contribution < 1.29 is 9.26 Å². The molecule has 4 heteroatoms. The second kappa shape index (κ2) is 9.27. The summed E-state index contributed by atoms with van der Waals surface area (Å²) >= 11 is 0. The fourth-order valence-corrected chi connectivity index (χ4v) is 3.02. The van der Waals surface area contributed by atoms with E-state index in [9.17, 15) is 0 Å². The van der Waals surface area contributed by atoms with Gasteiger partial charge in [-0.05, 0) is 17.2 Å². The molecule has 0 spiro atoms. The minimum atomic E-state index is -0.607. The van der Waals surface area contributed by atoms with Gasteiger partial charge in [-0.3, -0.25) is 4.84 Å². The second-order valence-corrected chi connectivity index (χ2v) is 5.67. The highest BCUT2D eigenvalue weighted by atomic mass is 28.2. The fourth-order valence-electron chi connectivity index (χ4n) is 1.73. The lowest BCUT2D eigenvalue weighted by Crippen LogP contribution is -2.27. The summed E-state index contributed by atoms with van der Waals surface area (Å²) in [5, 5.41) is 3.34. The molecular weight excluding hydrogens is 242 g/mol. The molecule has 0 atom stereocenters. The van der Waals surface area contributed by atoms with E-state index in [1.165, 1.54) is 10.8 Å². The highest BCUT2D eigenvalue weighted by Crippen LogP contribution is 2.01. The molecule has 0 bridgehead atoms. The van der Waals surface area contributed by atoms with Crippen molar-refractivity contribution in [1.82, 2.24) is 5.06 Å². The Bertz CT molecular complexity index is 329. The molecule has 0 radical (unpaired) electrons. The van der Waals surface area contributed by atoms with Crippen molar-refractivity contribution in [3.63, 3.8) is 0 Å². The molecule has 1 rings (SSSR count). The first-order chi connectivity index (χ1) is 8.81. The van der Waals surface area contributed by atoms with Crippen LogP contribution in [0.3, 0.4) is 0 Å². The number of hydrogen-bond donors (Lipinski definition) is 0. The molecule has 0 fully saturated rings. The summed E-state index contributed by atoms with van der Waals surface area (Å²) in [5.41, 5.74) is 1.27. The van der Waals surface area contributed by atoms with Gasteiger partial charge in [0, 0.05) is 19.7 Å². The Kier molecular flexibility index (Phi) is 7.92. The summed E-state index contributed by atoms with van der Waals surface area (Å²) in [6, 6.07) is 8.46. The van der Waals surface area contributed by atoms with E-state index in [1.54, 1.807) is 0 Å².